The van der Waals surface area contributed by atoms with Gasteiger partial charge in [-0.25, -0.2) is 15.0 Å². The Hall–Kier alpha value is -6.22. The molecule has 274 valence electrons. The number of ether oxygens (including phenoxy) is 1. The van der Waals surface area contributed by atoms with Crippen molar-refractivity contribution in [2.24, 2.45) is 0 Å². The van der Waals surface area contributed by atoms with Gasteiger partial charge in [0.05, 0.1) is 57.6 Å². The maximum absolute atomic E-state index is 13.7. The second-order valence-electron chi connectivity index (χ2n) is 14.9. The van der Waals surface area contributed by atoms with Crippen LogP contribution in [0.3, 0.4) is 0 Å². The summed E-state index contributed by atoms with van der Waals surface area (Å²) < 4.78 is 5.06. The lowest BCUT2D eigenvalue weighted by Crippen LogP contribution is -2.09. The Bertz CT molecular complexity index is 2810. The first-order valence-corrected chi connectivity index (χ1v) is 19.0. The van der Waals surface area contributed by atoms with Gasteiger partial charge in [-0.1, -0.05) is 56.3 Å². The van der Waals surface area contributed by atoms with E-state index >= 15 is 0 Å². The van der Waals surface area contributed by atoms with Gasteiger partial charge in [-0.2, -0.15) is 0 Å². The van der Waals surface area contributed by atoms with Crippen LogP contribution in [0, 0.1) is 13.8 Å². The van der Waals surface area contributed by atoms with Crippen LogP contribution in [0.5, 0.6) is 0 Å². The Morgan fingerprint density at radius 2 is 1.47 bits per heavy atom. The molecule has 2 atom stereocenters. The summed E-state index contributed by atoms with van der Waals surface area (Å²) in [6.45, 7) is 10.6. The number of hydrogen-bond donors (Lipinski definition) is 2. The number of carbonyl (C=O) groups is 2. The topological polar surface area (TPSA) is 127 Å². The van der Waals surface area contributed by atoms with Crippen LogP contribution in [0.1, 0.15) is 102 Å². The number of rotatable bonds is 6. The summed E-state index contributed by atoms with van der Waals surface area (Å²) in [6, 6.07) is 24.6. The summed E-state index contributed by atoms with van der Waals surface area (Å²) in [4.78, 5) is 54.8. The number of fused-ring (bicyclic) bond motifs is 9. The van der Waals surface area contributed by atoms with Gasteiger partial charge in [-0.05, 0) is 86.2 Å². The average Bonchev–Trinajstić information content (AvgIpc) is 3.95. The molecule has 0 saturated carbocycles. The Kier molecular flexibility index (Phi) is 8.33. The predicted molar refractivity (Wildman–Crippen MR) is 218 cm³/mol. The zero-order valence-corrected chi connectivity index (χ0v) is 31.9. The SMILES string of the molecule is CCC1=C(C)c2cc3[nH]c(cc4nc(c5c6[nH]c(cc1n2)c(C)c6C(=O)C5)[C@@H](CCC(=O)OC)[C@@H]4C)c(C)c3-c1nc2ccccc2nc1-c1ccccc1. The highest BCUT2D eigenvalue weighted by atomic mass is 16.5. The highest BCUT2D eigenvalue weighted by Crippen LogP contribution is 2.45. The Labute approximate surface area is 319 Å². The first kappa shape index (κ1) is 34.5. The van der Waals surface area contributed by atoms with Crippen LogP contribution in [-0.4, -0.2) is 48.8 Å². The Morgan fingerprint density at radius 1 is 0.800 bits per heavy atom. The third-order valence-corrected chi connectivity index (χ3v) is 11.8. The molecular weight excluding hydrogens is 685 g/mol. The highest BCUT2D eigenvalue weighted by Gasteiger charge is 2.36. The number of hydrogen-bond acceptors (Lipinski definition) is 7. The molecule has 0 fully saturated rings. The second kappa shape index (κ2) is 13.3. The maximum Gasteiger partial charge on any atom is 0.305 e. The lowest BCUT2D eigenvalue weighted by molar-refractivity contribution is -0.140. The number of aromatic amines is 2. The van der Waals surface area contributed by atoms with Gasteiger partial charge in [-0.3, -0.25) is 14.6 Å². The number of esters is 1. The van der Waals surface area contributed by atoms with E-state index in [4.69, 9.17) is 24.7 Å². The van der Waals surface area contributed by atoms with E-state index in [1.165, 1.54) is 7.11 Å². The first-order valence-electron chi connectivity index (χ1n) is 19.0. The van der Waals surface area contributed by atoms with Gasteiger partial charge in [0.15, 0.2) is 5.78 Å². The minimum atomic E-state index is -0.262. The summed E-state index contributed by atoms with van der Waals surface area (Å²) >= 11 is 0. The number of methoxy groups -OCH3 is 1. The van der Waals surface area contributed by atoms with Crippen LogP contribution in [0.4, 0.5) is 0 Å². The number of allylic oxidation sites excluding steroid dienone is 2. The summed E-state index contributed by atoms with van der Waals surface area (Å²) in [5.74, 6) is -0.301. The number of nitrogens with zero attached hydrogens (tertiary/aromatic N) is 4. The molecule has 0 unspecified atom stereocenters. The van der Waals surface area contributed by atoms with Crippen molar-refractivity contribution in [3.8, 4) is 22.5 Å². The van der Waals surface area contributed by atoms with E-state index < -0.39 is 0 Å². The van der Waals surface area contributed by atoms with E-state index in [-0.39, 0.29) is 36.4 Å². The summed E-state index contributed by atoms with van der Waals surface area (Å²) in [7, 11) is 1.42. The highest BCUT2D eigenvalue weighted by molar-refractivity contribution is 6.13. The van der Waals surface area contributed by atoms with Gasteiger partial charge in [0, 0.05) is 63.7 Å². The Morgan fingerprint density at radius 3 is 2.20 bits per heavy atom. The van der Waals surface area contributed by atoms with Crippen molar-refractivity contribution in [1.29, 1.82) is 0 Å². The third-order valence-electron chi connectivity index (χ3n) is 11.8. The zero-order valence-electron chi connectivity index (χ0n) is 31.9. The van der Waals surface area contributed by atoms with Crippen molar-refractivity contribution in [3.63, 3.8) is 0 Å². The van der Waals surface area contributed by atoms with Crippen LogP contribution in [-0.2, 0) is 16.0 Å². The molecule has 0 amide bonds. The molecule has 9 rings (SSSR count). The van der Waals surface area contributed by atoms with E-state index in [1.54, 1.807) is 0 Å². The van der Waals surface area contributed by atoms with Crippen molar-refractivity contribution in [1.82, 2.24) is 29.9 Å². The number of benzene rings is 2. The molecule has 3 aliphatic rings. The van der Waals surface area contributed by atoms with Crippen molar-refractivity contribution in [3.05, 3.63) is 118 Å². The lowest BCUT2D eigenvalue weighted by Gasteiger charge is -2.16. The lowest BCUT2D eigenvalue weighted by atomic mass is 9.85. The van der Waals surface area contributed by atoms with Crippen molar-refractivity contribution in [2.45, 2.75) is 72.1 Å². The van der Waals surface area contributed by atoms with Crippen molar-refractivity contribution < 1.29 is 14.3 Å². The molecule has 2 aromatic carbocycles. The second-order valence-corrected chi connectivity index (χ2v) is 14.9. The van der Waals surface area contributed by atoms with Crippen LogP contribution in [0.25, 0.3) is 66.8 Å². The van der Waals surface area contributed by atoms with Gasteiger partial charge in [-0.15, -0.1) is 0 Å². The largest absolute Gasteiger partial charge is 0.469 e. The van der Waals surface area contributed by atoms with Crippen LogP contribution in [0.15, 0.2) is 72.8 Å². The quantitative estimate of drug-likeness (QED) is 0.164. The molecule has 1 aliphatic carbocycles. The number of Topliss-reactive ketones (excluding diaryl/α,β-unsaturated/α-hetero) is 1. The molecular formula is C46H42N6O3. The van der Waals surface area contributed by atoms with Gasteiger partial charge in [0.25, 0.3) is 0 Å². The normalized spacial score (nSPS) is 16.4. The summed E-state index contributed by atoms with van der Waals surface area (Å²) in [5.41, 5.74) is 17.9. The molecule has 0 spiro atoms. The predicted octanol–water partition coefficient (Wildman–Crippen LogP) is 10.1. The molecule has 6 aromatic rings. The summed E-state index contributed by atoms with van der Waals surface area (Å²) in [5, 5.41) is 0. The number of ketones is 1. The fourth-order valence-corrected chi connectivity index (χ4v) is 8.79. The molecule has 8 bridgehead atoms. The minimum Gasteiger partial charge on any atom is -0.469 e. The molecule has 9 nitrogen and oxygen atoms in total. The monoisotopic (exact) mass is 726 g/mol. The molecule has 2 N–H and O–H groups in total. The third kappa shape index (κ3) is 5.60. The number of H-pyrrole nitrogens is 2. The van der Waals surface area contributed by atoms with Gasteiger partial charge in [0.2, 0.25) is 0 Å². The maximum atomic E-state index is 13.7. The number of para-hydroxylation sites is 2. The number of nitrogens with one attached hydrogen (secondary N) is 2. The Balaban J connectivity index is 1.41. The molecule has 4 aromatic heterocycles. The van der Waals surface area contributed by atoms with E-state index in [1.807, 2.05) is 49.4 Å². The zero-order chi connectivity index (χ0) is 38.1. The van der Waals surface area contributed by atoms with E-state index in [0.29, 0.717) is 6.42 Å². The van der Waals surface area contributed by atoms with Crippen LogP contribution >= 0.6 is 0 Å². The van der Waals surface area contributed by atoms with E-state index in [2.05, 4.69) is 68.0 Å². The number of carbonyl (C=O) groups excluding carboxylic acids is 2. The molecule has 0 radical (unpaired) electrons. The van der Waals surface area contributed by atoms with Crippen LogP contribution < -0.4 is 0 Å². The molecule has 9 heteroatoms. The average molecular weight is 727 g/mol. The molecule has 6 heterocycles. The van der Waals surface area contributed by atoms with E-state index in [0.717, 1.165) is 118 Å². The van der Waals surface area contributed by atoms with Gasteiger partial charge >= 0.3 is 5.97 Å². The first-order chi connectivity index (χ1) is 26.6. The van der Waals surface area contributed by atoms with E-state index in [9.17, 15) is 9.59 Å². The fraction of sp³-hybridized carbons (Fsp3) is 0.261. The van der Waals surface area contributed by atoms with Gasteiger partial charge in [0.1, 0.15) is 0 Å². The number of aromatic nitrogens is 6. The smallest absolute Gasteiger partial charge is 0.305 e. The standard InChI is InChI=1S/C46H42N6O3/c1-7-28-23(2)33-22-38-41(46-43(27-13-9-8-10-14-27)49-31-15-11-12-16-32(31)50-46)25(4)35(48-38)20-34-24(3)29(17-18-40(54)55-6)44(51-34)30-19-39(53)42-26(5)36(52-45(30)42)21-37(28)47-33/h8-16,20-22,24,29,48,52H,7,17-19H2,1-6H3/t24-,29-/m0/s1. The molecule has 0 saturated heterocycles. The van der Waals surface area contributed by atoms with Crippen LogP contribution in [0.2, 0.25) is 0 Å². The van der Waals surface area contributed by atoms with Crippen molar-refractivity contribution >= 4 is 56.0 Å². The fourth-order valence-electron chi connectivity index (χ4n) is 8.79. The number of aryl methyl sites for hydroxylation is 2. The van der Waals surface area contributed by atoms with Crippen molar-refractivity contribution in [2.75, 3.05) is 7.11 Å². The van der Waals surface area contributed by atoms with Gasteiger partial charge < -0.3 is 14.7 Å². The molecule has 2 aliphatic heterocycles. The summed E-state index contributed by atoms with van der Waals surface area (Å²) in [6.07, 6.45) is 1.87. The molecule has 55 heavy (non-hydrogen) atoms. The minimum absolute atomic E-state index is 0.0313.